The van der Waals surface area contributed by atoms with Gasteiger partial charge in [-0.15, -0.1) is 6.42 Å². The first-order valence-corrected chi connectivity index (χ1v) is 3.54. The van der Waals surface area contributed by atoms with Crippen molar-refractivity contribution >= 4 is 11.9 Å². The highest BCUT2D eigenvalue weighted by Crippen LogP contribution is 1.88. The standard InChI is InChI=1S/C8H11NO4/c1-3-4-9(5-7(10)11)6-8(12)13-2/h1H,4-6H2,2H3,(H,10,11). The highest BCUT2D eigenvalue weighted by molar-refractivity contribution is 5.73. The topological polar surface area (TPSA) is 66.8 Å². The highest BCUT2D eigenvalue weighted by Gasteiger charge is 2.12. The molecule has 0 atom stereocenters. The van der Waals surface area contributed by atoms with E-state index in [0.29, 0.717) is 0 Å². The van der Waals surface area contributed by atoms with Gasteiger partial charge in [-0.05, 0) is 0 Å². The fourth-order valence-corrected chi connectivity index (χ4v) is 0.735. The van der Waals surface area contributed by atoms with Crippen molar-refractivity contribution in [2.75, 3.05) is 26.7 Å². The van der Waals surface area contributed by atoms with Gasteiger partial charge in [-0.3, -0.25) is 14.5 Å². The number of methoxy groups -OCH3 is 1. The quantitative estimate of drug-likeness (QED) is 0.447. The fourth-order valence-electron chi connectivity index (χ4n) is 0.735. The van der Waals surface area contributed by atoms with Crippen LogP contribution < -0.4 is 0 Å². The maximum atomic E-state index is 10.8. The summed E-state index contributed by atoms with van der Waals surface area (Å²) >= 11 is 0. The Labute approximate surface area is 76.3 Å². The van der Waals surface area contributed by atoms with E-state index in [1.807, 2.05) is 0 Å². The molecule has 0 aromatic rings. The van der Waals surface area contributed by atoms with Crippen molar-refractivity contribution in [2.45, 2.75) is 0 Å². The average Bonchev–Trinajstić information content (AvgIpc) is 2.03. The number of nitrogens with zero attached hydrogens (tertiary/aromatic N) is 1. The van der Waals surface area contributed by atoms with Crippen LogP contribution in [0.15, 0.2) is 0 Å². The second-order valence-corrected chi connectivity index (χ2v) is 2.32. The summed E-state index contributed by atoms with van der Waals surface area (Å²) < 4.78 is 4.37. The minimum atomic E-state index is -1.03. The molecule has 0 aromatic carbocycles. The first-order valence-electron chi connectivity index (χ1n) is 3.54. The van der Waals surface area contributed by atoms with Gasteiger partial charge in [0.2, 0.25) is 0 Å². The number of aliphatic carboxylic acids is 1. The Balaban J connectivity index is 4.02. The summed E-state index contributed by atoms with van der Waals surface area (Å²) in [6, 6.07) is 0. The minimum absolute atomic E-state index is 0.104. The molecule has 0 aliphatic heterocycles. The summed E-state index contributed by atoms with van der Waals surface area (Å²) in [6.07, 6.45) is 4.99. The molecule has 0 bridgehead atoms. The highest BCUT2D eigenvalue weighted by atomic mass is 16.5. The van der Waals surface area contributed by atoms with Crippen molar-refractivity contribution in [3.05, 3.63) is 0 Å². The lowest BCUT2D eigenvalue weighted by molar-refractivity contribution is -0.143. The van der Waals surface area contributed by atoms with Gasteiger partial charge in [-0.25, -0.2) is 0 Å². The summed E-state index contributed by atoms with van der Waals surface area (Å²) in [6.45, 7) is -0.256. The summed E-state index contributed by atoms with van der Waals surface area (Å²) in [5.74, 6) is 0.726. The van der Waals surface area contributed by atoms with Gasteiger partial charge in [0.05, 0.1) is 26.7 Å². The zero-order chi connectivity index (χ0) is 10.3. The molecule has 0 aliphatic rings. The number of ether oxygens (including phenoxy) is 1. The van der Waals surface area contributed by atoms with Gasteiger partial charge in [-0.1, -0.05) is 5.92 Å². The molecule has 1 N–H and O–H groups in total. The molecule has 0 aliphatic carbocycles. The minimum Gasteiger partial charge on any atom is -0.480 e. The Kier molecular flexibility index (Phi) is 5.32. The molecular formula is C8H11NO4. The van der Waals surface area contributed by atoms with Crippen molar-refractivity contribution in [3.8, 4) is 12.3 Å². The lowest BCUT2D eigenvalue weighted by Gasteiger charge is -2.14. The third-order valence-electron chi connectivity index (χ3n) is 1.25. The Morgan fingerprint density at radius 2 is 2.15 bits per heavy atom. The van der Waals surface area contributed by atoms with Crippen molar-refractivity contribution in [3.63, 3.8) is 0 Å². The number of carbonyl (C=O) groups excluding carboxylic acids is 1. The van der Waals surface area contributed by atoms with Gasteiger partial charge in [0.15, 0.2) is 0 Å². The molecule has 0 saturated heterocycles. The zero-order valence-corrected chi connectivity index (χ0v) is 7.32. The molecule has 5 nitrogen and oxygen atoms in total. The van der Waals surface area contributed by atoms with Gasteiger partial charge in [-0.2, -0.15) is 0 Å². The summed E-state index contributed by atoms with van der Waals surface area (Å²) in [5, 5.41) is 8.43. The molecule has 0 spiro atoms. The van der Waals surface area contributed by atoms with Crippen LogP contribution in [0.4, 0.5) is 0 Å². The molecule has 0 aromatic heterocycles. The van der Waals surface area contributed by atoms with Gasteiger partial charge in [0.25, 0.3) is 0 Å². The number of hydrogen-bond donors (Lipinski definition) is 1. The van der Waals surface area contributed by atoms with E-state index in [0.717, 1.165) is 0 Å². The van der Waals surface area contributed by atoms with E-state index in [2.05, 4.69) is 10.7 Å². The van der Waals surface area contributed by atoms with Crippen LogP contribution in [0.3, 0.4) is 0 Å². The van der Waals surface area contributed by atoms with E-state index in [4.69, 9.17) is 11.5 Å². The van der Waals surface area contributed by atoms with Crippen LogP contribution in [0.1, 0.15) is 0 Å². The second-order valence-electron chi connectivity index (χ2n) is 2.32. The van der Waals surface area contributed by atoms with Crippen LogP contribution in [-0.4, -0.2) is 48.7 Å². The van der Waals surface area contributed by atoms with Gasteiger partial charge >= 0.3 is 11.9 Å². The predicted molar refractivity (Wildman–Crippen MR) is 44.9 cm³/mol. The summed E-state index contributed by atoms with van der Waals surface area (Å²) in [4.78, 5) is 22.3. The van der Waals surface area contributed by atoms with E-state index in [1.54, 1.807) is 0 Å². The maximum absolute atomic E-state index is 10.8. The number of rotatable bonds is 5. The molecular weight excluding hydrogens is 174 g/mol. The number of esters is 1. The van der Waals surface area contributed by atoms with Crippen LogP contribution in [0.5, 0.6) is 0 Å². The molecule has 0 amide bonds. The fraction of sp³-hybridized carbons (Fsp3) is 0.500. The largest absolute Gasteiger partial charge is 0.480 e. The first-order chi connectivity index (χ1) is 6.10. The molecule has 0 fully saturated rings. The third-order valence-corrected chi connectivity index (χ3v) is 1.25. The lowest BCUT2D eigenvalue weighted by Crippen LogP contribution is -2.35. The molecule has 0 heterocycles. The maximum Gasteiger partial charge on any atom is 0.319 e. The number of terminal acetylenes is 1. The SMILES string of the molecule is C#CCN(CC(=O)O)CC(=O)OC. The lowest BCUT2D eigenvalue weighted by atomic mass is 10.4. The molecule has 13 heavy (non-hydrogen) atoms. The van der Waals surface area contributed by atoms with Crippen LogP contribution in [0.25, 0.3) is 0 Å². The van der Waals surface area contributed by atoms with E-state index >= 15 is 0 Å². The molecule has 0 radical (unpaired) electrons. The molecule has 0 unspecified atom stereocenters. The van der Waals surface area contributed by atoms with Crippen molar-refractivity contribution in [1.82, 2.24) is 4.90 Å². The van der Waals surface area contributed by atoms with E-state index in [9.17, 15) is 9.59 Å². The normalized spacial score (nSPS) is 9.31. The zero-order valence-electron chi connectivity index (χ0n) is 7.32. The van der Waals surface area contributed by atoms with Crippen LogP contribution in [-0.2, 0) is 14.3 Å². The monoisotopic (exact) mass is 185 g/mol. The number of carboxylic acids is 1. The van der Waals surface area contributed by atoms with E-state index < -0.39 is 11.9 Å². The van der Waals surface area contributed by atoms with Crippen molar-refractivity contribution in [1.29, 1.82) is 0 Å². The van der Waals surface area contributed by atoms with E-state index in [-0.39, 0.29) is 19.6 Å². The van der Waals surface area contributed by atoms with Gasteiger partial charge < -0.3 is 9.84 Å². The molecule has 5 heteroatoms. The summed E-state index contributed by atoms with van der Waals surface area (Å²) in [7, 11) is 1.23. The smallest absolute Gasteiger partial charge is 0.319 e. The van der Waals surface area contributed by atoms with Gasteiger partial charge in [0.1, 0.15) is 0 Å². The molecule has 0 saturated carbocycles. The van der Waals surface area contributed by atoms with Gasteiger partial charge in [0, 0.05) is 0 Å². The third kappa shape index (κ3) is 5.70. The number of carbonyl (C=O) groups is 2. The Hall–Kier alpha value is -1.54. The number of carboxylic acid groups (broad SMARTS) is 1. The molecule has 72 valence electrons. The van der Waals surface area contributed by atoms with E-state index in [1.165, 1.54) is 12.0 Å². The van der Waals surface area contributed by atoms with Crippen molar-refractivity contribution in [2.24, 2.45) is 0 Å². The summed E-state index contributed by atoms with van der Waals surface area (Å²) in [5.41, 5.74) is 0. The Morgan fingerprint density at radius 3 is 2.54 bits per heavy atom. The first kappa shape index (κ1) is 11.5. The van der Waals surface area contributed by atoms with Crippen molar-refractivity contribution < 1.29 is 19.4 Å². The average molecular weight is 185 g/mol. The van der Waals surface area contributed by atoms with Crippen LogP contribution in [0, 0.1) is 12.3 Å². The van der Waals surface area contributed by atoms with Crippen LogP contribution >= 0.6 is 0 Å². The van der Waals surface area contributed by atoms with Crippen LogP contribution in [0.2, 0.25) is 0 Å². The second kappa shape index (κ2) is 6.03. The number of hydrogen-bond acceptors (Lipinski definition) is 4. The molecule has 0 rings (SSSR count). The Bertz CT molecular complexity index is 231. The predicted octanol–water partition coefficient (Wildman–Crippen LogP) is -0.821. The Morgan fingerprint density at radius 1 is 1.54 bits per heavy atom.